The van der Waals surface area contributed by atoms with Crippen molar-refractivity contribution >= 4 is 0 Å². The Morgan fingerprint density at radius 3 is 2.40 bits per heavy atom. The van der Waals surface area contributed by atoms with Gasteiger partial charge in [0.1, 0.15) is 5.82 Å². The molecule has 3 heteroatoms. The summed E-state index contributed by atoms with van der Waals surface area (Å²) in [5, 5.41) is 11.6. The molecular weight excluding hydrogens is 313 g/mol. The minimum absolute atomic E-state index is 0.156. The van der Waals surface area contributed by atoms with Gasteiger partial charge >= 0.3 is 0 Å². The minimum atomic E-state index is -0.763. The summed E-state index contributed by atoms with van der Waals surface area (Å²) in [7, 11) is 4.18. The van der Waals surface area contributed by atoms with Gasteiger partial charge < -0.3 is 10.0 Å². The zero-order chi connectivity index (χ0) is 17.9. The largest absolute Gasteiger partial charge is 0.389 e. The lowest BCUT2D eigenvalue weighted by molar-refractivity contribution is -0.0770. The quantitative estimate of drug-likeness (QED) is 0.860. The van der Waals surface area contributed by atoms with Gasteiger partial charge in [-0.1, -0.05) is 55.3 Å². The molecule has 1 saturated carbocycles. The maximum absolute atomic E-state index is 13.2. The van der Waals surface area contributed by atoms with Gasteiger partial charge in [-0.05, 0) is 50.2 Å². The summed E-state index contributed by atoms with van der Waals surface area (Å²) >= 11 is 0. The lowest BCUT2D eigenvalue weighted by atomic mass is 9.67. The highest BCUT2D eigenvalue weighted by atomic mass is 19.1. The molecule has 1 fully saturated rings. The molecule has 3 rings (SSSR count). The van der Waals surface area contributed by atoms with E-state index >= 15 is 0 Å². The molecule has 0 heterocycles. The molecule has 1 aliphatic rings. The van der Waals surface area contributed by atoms with E-state index in [4.69, 9.17) is 0 Å². The van der Waals surface area contributed by atoms with Crippen LogP contribution in [0.2, 0.25) is 0 Å². The summed E-state index contributed by atoms with van der Waals surface area (Å²) in [6.45, 7) is 0. The number of hydrogen-bond acceptors (Lipinski definition) is 2. The normalized spacial score (nSPS) is 25.1. The van der Waals surface area contributed by atoms with Gasteiger partial charge in [-0.25, -0.2) is 4.39 Å². The van der Waals surface area contributed by atoms with Crippen LogP contribution in [0.5, 0.6) is 0 Å². The molecule has 3 unspecified atom stereocenters. The van der Waals surface area contributed by atoms with Crippen LogP contribution >= 0.6 is 0 Å². The Balaban J connectivity index is 1.91. The van der Waals surface area contributed by atoms with E-state index in [0.29, 0.717) is 6.42 Å². The summed E-state index contributed by atoms with van der Waals surface area (Å²) in [6.07, 6.45) is 4.58. The van der Waals surface area contributed by atoms with Crippen molar-refractivity contribution in [3.05, 3.63) is 71.5 Å². The van der Waals surface area contributed by atoms with Crippen LogP contribution in [-0.2, 0) is 6.42 Å². The number of nitrogens with zero attached hydrogens (tertiary/aromatic N) is 1. The van der Waals surface area contributed by atoms with Crippen LogP contribution < -0.4 is 0 Å². The second-order valence-corrected chi connectivity index (χ2v) is 7.58. The highest BCUT2D eigenvalue weighted by Crippen LogP contribution is 2.45. The van der Waals surface area contributed by atoms with Gasteiger partial charge in [0.25, 0.3) is 0 Å². The number of hydrogen-bond donors (Lipinski definition) is 1. The second kappa shape index (κ2) is 7.67. The Labute approximate surface area is 150 Å². The van der Waals surface area contributed by atoms with Gasteiger partial charge in [0, 0.05) is 18.4 Å². The SMILES string of the molecule is CN(C)C(c1ccccc1)C1CCCCC1(O)Cc1ccc(F)cc1. The predicted octanol–water partition coefficient (Wildman–Crippen LogP) is 4.59. The summed E-state index contributed by atoms with van der Waals surface area (Å²) in [6, 6.07) is 17.2. The molecule has 2 nitrogen and oxygen atoms in total. The van der Waals surface area contributed by atoms with Gasteiger partial charge in [0.05, 0.1) is 5.60 Å². The number of rotatable bonds is 5. The van der Waals surface area contributed by atoms with Crippen molar-refractivity contribution in [1.82, 2.24) is 4.90 Å². The third kappa shape index (κ3) is 4.10. The molecule has 0 aliphatic heterocycles. The zero-order valence-electron chi connectivity index (χ0n) is 15.2. The first-order chi connectivity index (χ1) is 12.0. The van der Waals surface area contributed by atoms with E-state index in [1.54, 1.807) is 12.1 Å². The van der Waals surface area contributed by atoms with Crippen molar-refractivity contribution in [3.8, 4) is 0 Å². The third-order valence-corrected chi connectivity index (χ3v) is 5.57. The van der Waals surface area contributed by atoms with Crippen molar-refractivity contribution in [2.24, 2.45) is 5.92 Å². The van der Waals surface area contributed by atoms with Crippen molar-refractivity contribution in [2.75, 3.05) is 14.1 Å². The molecule has 0 spiro atoms. The van der Waals surface area contributed by atoms with Crippen molar-refractivity contribution < 1.29 is 9.50 Å². The summed E-state index contributed by atoms with van der Waals surface area (Å²) in [4.78, 5) is 2.22. The molecule has 2 aromatic carbocycles. The summed E-state index contributed by atoms with van der Waals surface area (Å²) in [5.41, 5.74) is 1.49. The Morgan fingerprint density at radius 1 is 1.08 bits per heavy atom. The number of benzene rings is 2. The Bertz CT molecular complexity index is 670. The Kier molecular flexibility index (Phi) is 5.55. The van der Waals surface area contributed by atoms with Crippen molar-refractivity contribution in [1.29, 1.82) is 0 Å². The molecule has 0 aromatic heterocycles. The molecule has 2 aromatic rings. The van der Waals surface area contributed by atoms with Crippen LogP contribution in [0, 0.1) is 11.7 Å². The van der Waals surface area contributed by atoms with E-state index in [2.05, 4.69) is 43.3 Å². The molecular formula is C22H28FNO. The molecule has 1 aliphatic carbocycles. The van der Waals surface area contributed by atoms with Crippen molar-refractivity contribution in [3.63, 3.8) is 0 Å². The minimum Gasteiger partial charge on any atom is -0.389 e. The highest BCUT2D eigenvalue weighted by molar-refractivity contribution is 5.24. The molecule has 25 heavy (non-hydrogen) atoms. The van der Waals surface area contributed by atoms with E-state index in [9.17, 15) is 9.50 Å². The fraction of sp³-hybridized carbons (Fsp3) is 0.455. The topological polar surface area (TPSA) is 23.5 Å². The number of halogens is 1. The van der Waals surface area contributed by atoms with Gasteiger partial charge in [0.2, 0.25) is 0 Å². The Hall–Kier alpha value is -1.71. The van der Waals surface area contributed by atoms with Crippen LogP contribution in [0.15, 0.2) is 54.6 Å². The molecule has 3 atom stereocenters. The first-order valence-corrected chi connectivity index (χ1v) is 9.18. The second-order valence-electron chi connectivity index (χ2n) is 7.58. The average Bonchev–Trinajstić information content (AvgIpc) is 2.60. The summed E-state index contributed by atoms with van der Waals surface area (Å²) < 4.78 is 13.2. The highest BCUT2D eigenvalue weighted by Gasteiger charge is 2.44. The zero-order valence-corrected chi connectivity index (χ0v) is 15.2. The molecule has 134 valence electrons. The fourth-order valence-electron chi connectivity index (χ4n) is 4.42. The van der Waals surface area contributed by atoms with Gasteiger partial charge in [-0.2, -0.15) is 0 Å². The third-order valence-electron chi connectivity index (χ3n) is 5.57. The van der Waals surface area contributed by atoms with Crippen LogP contribution in [0.3, 0.4) is 0 Å². The molecule has 0 saturated heterocycles. The van der Waals surface area contributed by atoms with E-state index in [0.717, 1.165) is 31.2 Å². The first kappa shape index (κ1) is 18.1. The smallest absolute Gasteiger partial charge is 0.123 e. The fourth-order valence-corrected chi connectivity index (χ4v) is 4.42. The average molecular weight is 341 g/mol. The van der Waals surface area contributed by atoms with Crippen LogP contribution in [-0.4, -0.2) is 29.7 Å². The van der Waals surface area contributed by atoms with E-state index in [1.165, 1.54) is 17.7 Å². The molecule has 1 N–H and O–H groups in total. The first-order valence-electron chi connectivity index (χ1n) is 9.18. The van der Waals surface area contributed by atoms with Crippen LogP contribution in [0.4, 0.5) is 4.39 Å². The van der Waals surface area contributed by atoms with Crippen LogP contribution in [0.25, 0.3) is 0 Å². The van der Waals surface area contributed by atoms with Gasteiger partial charge in [-0.15, -0.1) is 0 Å². The summed E-state index contributed by atoms with van der Waals surface area (Å²) in [5.74, 6) is -0.0740. The maximum Gasteiger partial charge on any atom is 0.123 e. The standard InChI is InChI=1S/C22H28FNO/c1-24(2)21(18-8-4-3-5-9-18)20-10-6-7-15-22(20,25)16-17-11-13-19(23)14-12-17/h3-5,8-9,11-14,20-21,25H,6-7,10,15-16H2,1-2H3. The molecule has 0 bridgehead atoms. The van der Waals surface area contributed by atoms with E-state index in [-0.39, 0.29) is 17.8 Å². The van der Waals surface area contributed by atoms with E-state index < -0.39 is 5.60 Å². The van der Waals surface area contributed by atoms with E-state index in [1.807, 2.05) is 6.07 Å². The van der Waals surface area contributed by atoms with Gasteiger partial charge in [-0.3, -0.25) is 0 Å². The lowest BCUT2D eigenvalue weighted by Gasteiger charge is -2.46. The molecule has 0 radical (unpaired) electrons. The monoisotopic (exact) mass is 341 g/mol. The maximum atomic E-state index is 13.2. The van der Waals surface area contributed by atoms with Crippen LogP contribution in [0.1, 0.15) is 42.9 Å². The van der Waals surface area contributed by atoms with Gasteiger partial charge in [0.15, 0.2) is 0 Å². The lowest BCUT2D eigenvalue weighted by Crippen LogP contribution is -2.48. The molecule has 0 amide bonds. The number of aliphatic hydroxyl groups is 1. The van der Waals surface area contributed by atoms with Crippen molar-refractivity contribution in [2.45, 2.75) is 43.7 Å². The predicted molar refractivity (Wildman–Crippen MR) is 99.9 cm³/mol. The Morgan fingerprint density at radius 2 is 1.76 bits per heavy atom.